The molecular weight excluding hydrogens is 278 g/mol. The van der Waals surface area contributed by atoms with Gasteiger partial charge in [0.05, 0.1) is 18.6 Å². The van der Waals surface area contributed by atoms with Crippen LogP contribution in [0.5, 0.6) is 0 Å². The Morgan fingerprint density at radius 3 is 3.00 bits per heavy atom. The van der Waals surface area contributed by atoms with E-state index < -0.39 is 0 Å². The minimum atomic E-state index is -0.0612. The Kier molecular flexibility index (Phi) is 4.53. The Labute approximate surface area is 130 Å². The van der Waals surface area contributed by atoms with Crippen molar-refractivity contribution >= 4 is 5.91 Å². The van der Waals surface area contributed by atoms with Crippen LogP contribution in [-0.2, 0) is 16.1 Å². The number of imidazole rings is 1. The van der Waals surface area contributed by atoms with Crippen LogP contribution in [0.4, 0.5) is 0 Å². The van der Waals surface area contributed by atoms with E-state index in [-0.39, 0.29) is 17.9 Å². The van der Waals surface area contributed by atoms with E-state index >= 15 is 0 Å². The van der Waals surface area contributed by atoms with Crippen LogP contribution >= 0.6 is 0 Å². The lowest BCUT2D eigenvalue weighted by atomic mass is 9.94. The number of carbonyl (C=O) groups excluding carboxylic acids is 1. The van der Waals surface area contributed by atoms with Gasteiger partial charge in [-0.3, -0.25) is 4.79 Å². The Bertz CT molecular complexity index is 624. The van der Waals surface area contributed by atoms with E-state index in [1.54, 1.807) is 6.20 Å². The lowest BCUT2D eigenvalue weighted by Crippen LogP contribution is -2.40. The molecule has 2 aromatic rings. The smallest absolute Gasteiger partial charge is 0.226 e. The van der Waals surface area contributed by atoms with Gasteiger partial charge < -0.3 is 14.6 Å². The molecule has 0 aliphatic carbocycles. The molecule has 0 bridgehead atoms. The minimum Gasteiger partial charge on any atom is -0.378 e. The second-order valence-corrected chi connectivity index (χ2v) is 5.59. The highest BCUT2D eigenvalue weighted by atomic mass is 16.5. The second-order valence-electron chi connectivity index (χ2n) is 5.59. The monoisotopic (exact) mass is 299 g/mol. The summed E-state index contributed by atoms with van der Waals surface area (Å²) in [5.74, 6) is 0.813. The summed E-state index contributed by atoms with van der Waals surface area (Å²) in [5, 5.41) is 2.99. The van der Waals surface area contributed by atoms with Crippen LogP contribution < -0.4 is 5.32 Å². The first-order chi connectivity index (χ1) is 10.8. The van der Waals surface area contributed by atoms with E-state index in [0.717, 1.165) is 31.0 Å². The van der Waals surface area contributed by atoms with Gasteiger partial charge in [0.1, 0.15) is 5.82 Å². The van der Waals surface area contributed by atoms with Gasteiger partial charge in [-0.1, -0.05) is 18.2 Å². The summed E-state index contributed by atoms with van der Waals surface area (Å²) in [4.78, 5) is 16.7. The third-order valence-corrected chi connectivity index (χ3v) is 4.12. The number of hydrogen-bond donors (Lipinski definition) is 1. The Hall–Kier alpha value is -2.14. The van der Waals surface area contributed by atoms with Gasteiger partial charge in [0.25, 0.3) is 0 Å². The first-order valence-electron chi connectivity index (χ1n) is 7.72. The van der Waals surface area contributed by atoms with Crippen LogP contribution in [-0.4, -0.2) is 28.2 Å². The van der Waals surface area contributed by atoms with Gasteiger partial charge in [0, 0.05) is 24.7 Å². The third kappa shape index (κ3) is 3.20. The highest BCUT2D eigenvalue weighted by Gasteiger charge is 2.28. The molecule has 5 heteroatoms. The van der Waals surface area contributed by atoms with Gasteiger partial charge in [-0.2, -0.15) is 0 Å². The Morgan fingerprint density at radius 2 is 2.23 bits per heavy atom. The normalized spacial score (nSPS) is 21.5. The predicted octanol–water partition coefficient (Wildman–Crippen LogP) is 2.30. The fourth-order valence-electron chi connectivity index (χ4n) is 2.85. The van der Waals surface area contributed by atoms with Crippen molar-refractivity contribution in [3.63, 3.8) is 0 Å². The molecule has 5 nitrogen and oxygen atoms in total. The van der Waals surface area contributed by atoms with Crippen molar-refractivity contribution in [1.82, 2.24) is 14.9 Å². The van der Waals surface area contributed by atoms with Gasteiger partial charge in [0.15, 0.2) is 0 Å². The molecule has 1 amide bonds. The van der Waals surface area contributed by atoms with E-state index in [0.29, 0.717) is 6.54 Å². The molecule has 116 valence electrons. The van der Waals surface area contributed by atoms with Crippen molar-refractivity contribution in [3.8, 4) is 5.69 Å². The molecule has 3 rings (SSSR count). The first kappa shape index (κ1) is 14.8. The average molecular weight is 299 g/mol. The number of rotatable bonds is 4. The van der Waals surface area contributed by atoms with E-state index in [9.17, 15) is 4.79 Å². The minimum absolute atomic E-state index is 0.0115. The van der Waals surface area contributed by atoms with Crippen molar-refractivity contribution in [2.75, 3.05) is 6.61 Å². The summed E-state index contributed by atoms with van der Waals surface area (Å²) < 4.78 is 7.55. The maximum Gasteiger partial charge on any atom is 0.226 e. The summed E-state index contributed by atoms with van der Waals surface area (Å²) >= 11 is 0. The molecule has 1 N–H and O–H groups in total. The zero-order valence-electron chi connectivity index (χ0n) is 12.7. The largest absolute Gasteiger partial charge is 0.378 e. The van der Waals surface area contributed by atoms with Crippen LogP contribution in [0.25, 0.3) is 5.69 Å². The van der Waals surface area contributed by atoms with Crippen molar-refractivity contribution in [2.45, 2.75) is 32.4 Å². The Balaban J connectivity index is 1.65. The fourth-order valence-corrected chi connectivity index (χ4v) is 2.85. The van der Waals surface area contributed by atoms with Gasteiger partial charge in [-0.15, -0.1) is 0 Å². The number of aromatic nitrogens is 2. The van der Waals surface area contributed by atoms with Crippen LogP contribution in [0.2, 0.25) is 0 Å². The summed E-state index contributed by atoms with van der Waals surface area (Å²) in [5.41, 5.74) is 1.04. The molecule has 0 spiro atoms. The lowest BCUT2D eigenvalue weighted by Gasteiger charge is -2.28. The molecule has 0 saturated carbocycles. The molecule has 1 saturated heterocycles. The number of hydrogen-bond acceptors (Lipinski definition) is 3. The van der Waals surface area contributed by atoms with E-state index in [1.807, 2.05) is 48.0 Å². The number of nitrogens with one attached hydrogen (secondary N) is 1. The number of amides is 1. The number of para-hydroxylation sites is 1. The van der Waals surface area contributed by atoms with Crippen LogP contribution in [0.3, 0.4) is 0 Å². The van der Waals surface area contributed by atoms with E-state index in [1.165, 1.54) is 0 Å². The van der Waals surface area contributed by atoms with Crippen molar-refractivity contribution in [3.05, 3.63) is 48.5 Å². The summed E-state index contributed by atoms with van der Waals surface area (Å²) in [6.45, 7) is 3.14. The standard InChI is InChI=1S/C17H21N3O2/c1-13-15(8-5-11-22-13)17(21)19-12-16-18-9-10-20(16)14-6-3-2-4-7-14/h2-4,6-7,9-10,13,15H,5,8,11-12H2,1H3,(H,19,21). The molecule has 22 heavy (non-hydrogen) atoms. The zero-order valence-corrected chi connectivity index (χ0v) is 12.7. The maximum atomic E-state index is 12.3. The molecular formula is C17H21N3O2. The van der Waals surface area contributed by atoms with E-state index in [4.69, 9.17) is 4.74 Å². The number of carbonyl (C=O) groups is 1. The topological polar surface area (TPSA) is 56.1 Å². The van der Waals surface area contributed by atoms with Gasteiger partial charge in [-0.05, 0) is 31.9 Å². The van der Waals surface area contributed by atoms with Crippen LogP contribution in [0.15, 0.2) is 42.7 Å². The van der Waals surface area contributed by atoms with Crippen molar-refractivity contribution < 1.29 is 9.53 Å². The molecule has 1 aliphatic rings. The zero-order chi connectivity index (χ0) is 15.4. The molecule has 1 fully saturated rings. The predicted molar refractivity (Wildman–Crippen MR) is 83.5 cm³/mol. The highest BCUT2D eigenvalue weighted by Crippen LogP contribution is 2.20. The van der Waals surface area contributed by atoms with Crippen molar-refractivity contribution in [2.24, 2.45) is 5.92 Å². The number of ether oxygens (including phenoxy) is 1. The molecule has 2 atom stereocenters. The summed E-state index contributed by atoms with van der Waals surface area (Å²) in [7, 11) is 0. The highest BCUT2D eigenvalue weighted by molar-refractivity contribution is 5.79. The quantitative estimate of drug-likeness (QED) is 0.942. The first-order valence-corrected chi connectivity index (χ1v) is 7.72. The molecule has 0 radical (unpaired) electrons. The molecule has 2 heterocycles. The lowest BCUT2D eigenvalue weighted by molar-refractivity contribution is -0.133. The Morgan fingerprint density at radius 1 is 1.41 bits per heavy atom. The average Bonchev–Trinajstić information content (AvgIpc) is 3.02. The summed E-state index contributed by atoms with van der Waals surface area (Å²) in [6, 6.07) is 9.98. The molecule has 1 aliphatic heterocycles. The van der Waals surface area contributed by atoms with E-state index in [2.05, 4.69) is 10.3 Å². The molecule has 2 unspecified atom stereocenters. The summed E-state index contributed by atoms with van der Waals surface area (Å²) in [6.07, 6.45) is 5.48. The SMILES string of the molecule is CC1OCCCC1C(=O)NCc1nccn1-c1ccccc1. The maximum absolute atomic E-state index is 12.3. The fraction of sp³-hybridized carbons (Fsp3) is 0.412. The van der Waals surface area contributed by atoms with Gasteiger partial charge in [-0.25, -0.2) is 4.98 Å². The third-order valence-electron chi connectivity index (χ3n) is 4.12. The molecule has 1 aromatic carbocycles. The second kappa shape index (κ2) is 6.75. The number of nitrogens with zero attached hydrogens (tertiary/aromatic N) is 2. The van der Waals surface area contributed by atoms with Gasteiger partial charge >= 0.3 is 0 Å². The van der Waals surface area contributed by atoms with Crippen LogP contribution in [0, 0.1) is 5.92 Å². The van der Waals surface area contributed by atoms with Crippen molar-refractivity contribution in [1.29, 1.82) is 0 Å². The molecule has 1 aromatic heterocycles. The number of benzene rings is 1. The van der Waals surface area contributed by atoms with Crippen LogP contribution in [0.1, 0.15) is 25.6 Å². The van der Waals surface area contributed by atoms with Gasteiger partial charge in [0.2, 0.25) is 5.91 Å².